The summed E-state index contributed by atoms with van der Waals surface area (Å²) >= 11 is 0. The molecule has 6 nitrogen and oxygen atoms in total. The predicted octanol–water partition coefficient (Wildman–Crippen LogP) is 5.82. The molecule has 7 heteroatoms. The van der Waals surface area contributed by atoms with Gasteiger partial charge in [-0.05, 0) is 79.3 Å². The summed E-state index contributed by atoms with van der Waals surface area (Å²) in [5.41, 5.74) is 6.54. The summed E-state index contributed by atoms with van der Waals surface area (Å²) in [6, 6.07) is 18.1. The number of sulfone groups is 1. The molecule has 196 valence electrons. The molecule has 0 aliphatic carbocycles. The van der Waals surface area contributed by atoms with Gasteiger partial charge in [0, 0.05) is 30.2 Å². The number of fused-ring (bicyclic) bond motifs is 1. The smallest absolute Gasteiger partial charge is 0.147 e. The highest BCUT2D eigenvalue weighted by molar-refractivity contribution is 7.90. The minimum absolute atomic E-state index is 0.119. The molecular formula is C30H34O6S. The van der Waals surface area contributed by atoms with Gasteiger partial charge in [0.1, 0.15) is 39.5 Å². The molecule has 0 saturated heterocycles. The van der Waals surface area contributed by atoms with Crippen LogP contribution in [0.2, 0.25) is 0 Å². The van der Waals surface area contributed by atoms with Crippen molar-refractivity contribution in [3.63, 3.8) is 0 Å². The van der Waals surface area contributed by atoms with Crippen LogP contribution in [0, 0.1) is 13.8 Å². The van der Waals surface area contributed by atoms with Gasteiger partial charge < -0.3 is 19.0 Å². The van der Waals surface area contributed by atoms with Crippen molar-refractivity contribution in [1.82, 2.24) is 0 Å². The molecule has 0 aromatic heterocycles. The Kier molecular flexibility index (Phi) is 8.22. The lowest BCUT2D eigenvalue weighted by Crippen LogP contribution is -2.08. The summed E-state index contributed by atoms with van der Waals surface area (Å²) in [6.07, 6.45) is 2.20. The molecule has 3 aromatic carbocycles. The first-order valence-corrected chi connectivity index (χ1v) is 14.5. The lowest BCUT2D eigenvalue weighted by molar-refractivity contribution is -0.117. The van der Waals surface area contributed by atoms with Crippen LogP contribution in [-0.2, 0) is 21.2 Å². The first kappa shape index (κ1) is 26.7. The summed E-state index contributed by atoms with van der Waals surface area (Å²) in [4.78, 5) is 11.5. The Bertz CT molecular complexity index is 1370. The maximum absolute atomic E-state index is 11.5. The monoisotopic (exact) mass is 522 g/mol. The maximum atomic E-state index is 11.5. The van der Waals surface area contributed by atoms with Crippen molar-refractivity contribution < 1.29 is 27.4 Å². The SMILES string of the molecule is CC(=O)C[C@@H]1COc2cc(OCc3cccc(-c4c(C)cc(OCCCS(C)(=O)=O)cc4C)c3)ccc21. The van der Waals surface area contributed by atoms with Gasteiger partial charge in [-0.25, -0.2) is 8.42 Å². The van der Waals surface area contributed by atoms with Crippen molar-refractivity contribution in [3.05, 3.63) is 76.9 Å². The predicted molar refractivity (Wildman–Crippen MR) is 145 cm³/mol. The third-order valence-electron chi connectivity index (χ3n) is 6.45. The van der Waals surface area contributed by atoms with Crippen molar-refractivity contribution in [2.24, 2.45) is 0 Å². The normalized spacial score (nSPS) is 14.6. The molecule has 4 rings (SSSR count). The molecule has 3 aromatic rings. The Morgan fingerprint density at radius 2 is 1.76 bits per heavy atom. The minimum Gasteiger partial charge on any atom is -0.494 e. The highest BCUT2D eigenvalue weighted by atomic mass is 32.2. The standard InChI is InChI=1S/C30H34O6S/c1-20-13-27(34-11-6-12-37(4,32)33)14-21(2)30(20)24-8-5-7-23(16-24)18-35-26-9-10-28-25(15-22(3)31)19-36-29(28)17-26/h5,7-10,13-14,16-17,25H,6,11-12,15,18-19H2,1-4H3/t25-/m1/s1. The quantitative estimate of drug-likeness (QED) is 0.295. The zero-order chi connectivity index (χ0) is 26.6. The van der Waals surface area contributed by atoms with E-state index in [-0.39, 0.29) is 17.5 Å². The van der Waals surface area contributed by atoms with Crippen LogP contribution >= 0.6 is 0 Å². The van der Waals surface area contributed by atoms with Gasteiger partial charge in [-0.1, -0.05) is 24.3 Å². The number of Topliss-reactive ketones (excluding diaryl/α,β-unsaturated/α-hetero) is 1. The number of ketones is 1. The van der Waals surface area contributed by atoms with Gasteiger partial charge in [-0.2, -0.15) is 0 Å². The van der Waals surface area contributed by atoms with Gasteiger partial charge in [0.25, 0.3) is 0 Å². The fraction of sp³-hybridized carbons (Fsp3) is 0.367. The topological polar surface area (TPSA) is 78.9 Å². The summed E-state index contributed by atoms with van der Waals surface area (Å²) in [5.74, 6) is 2.68. The maximum Gasteiger partial charge on any atom is 0.147 e. The van der Waals surface area contributed by atoms with E-state index in [9.17, 15) is 13.2 Å². The molecule has 1 aliphatic heterocycles. The van der Waals surface area contributed by atoms with E-state index in [2.05, 4.69) is 26.0 Å². The number of hydrogen-bond donors (Lipinski definition) is 0. The molecule has 0 radical (unpaired) electrons. The Balaban J connectivity index is 1.42. The Morgan fingerprint density at radius 3 is 2.46 bits per heavy atom. The summed E-state index contributed by atoms with van der Waals surface area (Å²) in [7, 11) is -2.98. The molecule has 0 saturated carbocycles. The Labute approximate surface area is 219 Å². The van der Waals surface area contributed by atoms with Crippen molar-refractivity contribution in [2.45, 2.75) is 46.1 Å². The van der Waals surface area contributed by atoms with Crippen molar-refractivity contribution in [2.75, 3.05) is 25.2 Å². The molecule has 0 bridgehead atoms. The summed E-state index contributed by atoms with van der Waals surface area (Å²) < 4.78 is 40.3. The number of hydrogen-bond acceptors (Lipinski definition) is 6. The molecule has 1 heterocycles. The number of carbonyl (C=O) groups excluding carboxylic acids is 1. The third kappa shape index (κ3) is 7.13. The van der Waals surface area contributed by atoms with Gasteiger partial charge >= 0.3 is 0 Å². The molecule has 0 spiro atoms. The fourth-order valence-corrected chi connectivity index (χ4v) is 5.46. The number of aryl methyl sites for hydroxylation is 2. The molecule has 37 heavy (non-hydrogen) atoms. The van der Waals surface area contributed by atoms with Crippen LogP contribution in [0.4, 0.5) is 0 Å². The number of benzene rings is 3. The van der Waals surface area contributed by atoms with Crippen LogP contribution in [0.3, 0.4) is 0 Å². The van der Waals surface area contributed by atoms with Crippen molar-refractivity contribution in [3.8, 4) is 28.4 Å². The van der Waals surface area contributed by atoms with E-state index in [1.807, 2.05) is 42.5 Å². The Hall–Kier alpha value is -3.32. The molecular weight excluding hydrogens is 488 g/mol. The van der Waals surface area contributed by atoms with E-state index in [1.165, 1.54) is 6.26 Å². The first-order valence-electron chi connectivity index (χ1n) is 12.5. The second kappa shape index (κ2) is 11.4. The molecule has 0 N–H and O–H groups in total. The molecule has 0 fully saturated rings. The van der Waals surface area contributed by atoms with Crippen LogP contribution < -0.4 is 14.2 Å². The third-order valence-corrected chi connectivity index (χ3v) is 7.48. The molecule has 1 aliphatic rings. The highest BCUT2D eigenvalue weighted by Crippen LogP contribution is 2.38. The second-order valence-corrected chi connectivity index (χ2v) is 12.1. The van der Waals surface area contributed by atoms with Gasteiger partial charge in [-0.15, -0.1) is 0 Å². The average molecular weight is 523 g/mol. The first-order chi connectivity index (χ1) is 17.6. The number of rotatable bonds is 11. The van der Waals surface area contributed by atoms with Crippen LogP contribution in [0.25, 0.3) is 11.1 Å². The molecule has 1 atom stereocenters. The van der Waals surface area contributed by atoms with Gasteiger partial charge in [0.05, 0.1) is 19.0 Å². The zero-order valence-corrected chi connectivity index (χ0v) is 22.7. The van der Waals surface area contributed by atoms with E-state index in [1.54, 1.807) is 6.92 Å². The number of ether oxygens (including phenoxy) is 3. The summed E-state index contributed by atoms with van der Waals surface area (Å²) in [6.45, 7) is 7.03. The zero-order valence-electron chi connectivity index (χ0n) is 21.9. The second-order valence-electron chi connectivity index (χ2n) is 9.87. The molecule has 0 unspecified atom stereocenters. The molecule has 0 amide bonds. The van der Waals surface area contributed by atoms with E-state index in [0.717, 1.165) is 50.6 Å². The lowest BCUT2D eigenvalue weighted by Gasteiger charge is -2.15. The minimum atomic E-state index is -2.98. The summed E-state index contributed by atoms with van der Waals surface area (Å²) in [5, 5.41) is 0. The highest BCUT2D eigenvalue weighted by Gasteiger charge is 2.25. The number of carbonyl (C=O) groups is 1. The van der Waals surface area contributed by atoms with E-state index < -0.39 is 9.84 Å². The van der Waals surface area contributed by atoms with E-state index in [0.29, 0.717) is 32.7 Å². The van der Waals surface area contributed by atoms with Gasteiger partial charge in [0.2, 0.25) is 0 Å². The largest absolute Gasteiger partial charge is 0.494 e. The van der Waals surface area contributed by atoms with Crippen LogP contribution in [0.15, 0.2) is 54.6 Å². The van der Waals surface area contributed by atoms with E-state index >= 15 is 0 Å². The van der Waals surface area contributed by atoms with E-state index in [4.69, 9.17) is 14.2 Å². The van der Waals surface area contributed by atoms with Gasteiger partial charge in [-0.3, -0.25) is 0 Å². The van der Waals surface area contributed by atoms with Crippen molar-refractivity contribution in [1.29, 1.82) is 0 Å². The Morgan fingerprint density at radius 1 is 1.00 bits per heavy atom. The lowest BCUT2D eigenvalue weighted by atomic mass is 9.94. The van der Waals surface area contributed by atoms with Crippen molar-refractivity contribution >= 4 is 15.6 Å². The van der Waals surface area contributed by atoms with Crippen LogP contribution in [0.5, 0.6) is 17.2 Å². The average Bonchev–Trinajstić information content (AvgIpc) is 3.21. The van der Waals surface area contributed by atoms with Crippen LogP contribution in [-0.4, -0.2) is 39.4 Å². The van der Waals surface area contributed by atoms with Crippen LogP contribution in [0.1, 0.15) is 47.9 Å². The fourth-order valence-electron chi connectivity index (χ4n) is 4.82. The van der Waals surface area contributed by atoms with Gasteiger partial charge in [0.15, 0.2) is 0 Å².